The van der Waals surface area contributed by atoms with Gasteiger partial charge in [0.1, 0.15) is 12.4 Å². The van der Waals surface area contributed by atoms with E-state index in [0.717, 1.165) is 11.4 Å². The average molecular weight is 369 g/mol. The second-order valence-corrected chi connectivity index (χ2v) is 6.19. The number of rotatable bonds is 5. The predicted octanol–water partition coefficient (Wildman–Crippen LogP) is 2.39. The summed E-state index contributed by atoms with van der Waals surface area (Å²) in [5.74, 6) is -0.818. The van der Waals surface area contributed by atoms with Gasteiger partial charge in [0.05, 0.1) is 11.4 Å². The molecule has 1 aromatic carbocycles. The SMILES string of the molecule is CCc1cc(=O)n(CC(=O)Nc2ccccc2F)c(-n2nc(C)cc2C)n1. The maximum Gasteiger partial charge on any atom is 0.255 e. The number of hydrogen-bond acceptors (Lipinski definition) is 4. The minimum absolute atomic E-state index is 0.0568. The van der Waals surface area contributed by atoms with E-state index >= 15 is 0 Å². The van der Waals surface area contributed by atoms with E-state index in [0.29, 0.717) is 12.1 Å². The molecule has 8 heteroatoms. The number of benzene rings is 1. The third-order valence-corrected chi connectivity index (χ3v) is 4.05. The molecule has 3 aromatic rings. The van der Waals surface area contributed by atoms with Gasteiger partial charge >= 0.3 is 0 Å². The molecule has 27 heavy (non-hydrogen) atoms. The van der Waals surface area contributed by atoms with E-state index in [1.807, 2.05) is 26.8 Å². The Morgan fingerprint density at radius 1 is 1.22 bits per heavy atom. The lowest BCUT2D eigenvalue weighted by atomic mass is 10.3. The number of nitrogens with one attached hydrogen (secondary N) is 1. The van der Waals surface area contributed by atoms with Crippen LogP contribution in [-0.4, -0.2) is 25.2 Å². The lowest BCUT2D eigenvalue weighted by Gasteiger charge is -2.14. The van der Waals surface area contributed by atoms with Crippen LogP contribution in [0.2, 0.25) is 0 Å². The Morgan fingerprint density at radius 2 is 1.96 bits per heavy atom. The highest BCUT2D eigenvalue weighted by Crippen LogP contribution is 2.13. The molecule has 2 heterocycles. The van der Waals surface area contributed by atoms with Crippen LogP contribution in [0, 0.1) is 19.7 Å². The minimum Gasteiger partial charge on any atom is -0.322 e. The Bertz CT molecular complexity index is 1050. The molecule has 0 saturated heterocycles. The van der Waals surface area contributed by atoms with E-state index in [9.17, 15) is 14.0 Å². The molecule has 0 bridgehead atoms. The minimum atomic E-state index is -0.545. The molecule has 7 nitrogen and oxygen atoms in total. The van der Waals surface area contributed by atoms with Crippen LogP contribution in [-0.2, 0) is 17.8 Å². The molecule has 0 atom stereocenters. The number of nitrogens with zero attached hydrogens (tertiary/aromatic N) is 4. The second kappa shape index (κ2) is 7.53. The number of anilines is 1. The normalized spacial score (nSPS) is 10.8. The van der Waals surface area contributed by atoms with E-state index in [4.69, 9.17) is 0 Å². The highest BCUT2D eigenvalue weighted by Gasteiger charge is 2.17. The number of amides is 1. The summed E-state index contributed by atoms with van der Waals surface area (Å²) < 4.78 is 16.5. The van der Waals surface area contributed by atoms with Crippen LogP contribution in [0.25, 0.3) is 5.95 Å². The monoisotopic (exact) mass is 369 g/mol. The summed E-state index contributed by atoms with van der Waals surface area (Å²) in [6.45, 7) is 5.26. The fraction of sp³-hybridized carbons (Fsp3) is 0.263. The van der Waals surface area contributed by atoms with Gasteiger partial charge < -0.3 is 5.32 Å². The fourth-order valence-corrected chi connectivity index (χ4v) is 2.76. The highest BCUT2D eigenvalue weighted by atomic mass is 19.1. The maximum atomic E-state index is 13.8. The van der Waals surface area contributed by atoms with Gasteiger partial charge in [-0.05, 0) is 38.5 Å². The average Bonchev–Trinajstić information content (AvgIpc) is 2.96. The Kier molecular flexibility index (Phi) is 5.16. The number of halogens is 1. The molecule has 140 valence electrons. The van der Waals surface area contributed by atoms with Gasteiger partial charge in [0.15, 0.2) is 0 Å². The first-order chi connectivity index (χ1) is 12.9. The Labute approximate surface area is 155 Å². The van der Waals surface area contributed by atoms with Gasteiger partial charge in [0, 0.05) is 17.5 Å². The molecule has 0 unspecified atom stereocenters. The van der Waals surface area contributed by atoms with Crippen molar-refractivity contribution in [3.63, 3.8) is 0 Å². The van der Waals surface area contributed by atoms with Gasteiger partial charge in [-0.3, -0.25) is 14.2 Å². The molecule has 1 amide bonds. The number of hydrogen-bond donors (Lipinski definition) is 1. The van der Waals surface area contributed by atoms with Crippen LogP contribution in [0.4, 0.5) is 10.1 Å². The summed E-state index contributed by atoms with van der Waals surface area (Å²) in [5, 5.41) is 6.85. The molecule has 2 aromatic heterocycles. The first-order valence-corrected chi connectivity index (χ1v) is 8.57. The number of carbonyl (C=O) groups excluding carboxylic acids is 1. The molecule has 0 fully saturated rings. The number of aromatic nitrogens is 4. The summed E-state index contributed by atoms with van der Waals surface area (Å²) in [5.41, 5.74) is 1.85. The summed E-state index contributed by atoms with van der Waals surface area (Å²) in [4.78, 5) is 29.5. The molecule has 0 radical (unpaired) electrons. The number of aryl methyl sites for hydroxylation is 3. The highest BCUT2D eigenvalue weighted by molar-refractivity contribution is 5.90. The zero-order valence-electron chi connectivity index (χ0n) is 15.4. The quantitative estimate of drug-likeness (QED) is 0.749. The van der Waals surface area contributed by atoms with Crippen molar-refractivity contribution in [3.05, 3.63) is 69.7 Å². The second-order valence-electron chi connectivity index (χ2n) is 6.19. The van der Waals surface area contributed by atoms with Gasteiger partial charge in [-0.2, -0.15) is 5.10 Å². The van der Waals surface area contributed by atoms with Crippen molar-refractivity contribution in [2.45, 2.75) is 33.7 Å². The summed E-state index contributed by atoms with van der Waals surface area (Å²) in [6, 6.07) is 9.10. The zero-order chi connectivity index (χ0) is 19.6. The van der Waals surface area contributed by atoms with E-state index < -0.39 is 11.7 Å². The van der Waals surface area contributed by atoms with Crippen molar-refractivity contribution in [1.82, 2.24) is 19.3 Å². The van der Waals surface area contributed by atoms with Crippen LogP contribution in [0.3, 0.4) is 0 Å². The van der Waals surface area contributed by atoms with Crippen molar-refractivity contribution < 1.29 is 9.18 Å². The van der Waals surface area contributed by atoms with Crippen molar-refractivity contribution in [2.75, 3.05) is 5.32 Å². The zero-order valence-corrected chi connectivity index (χ0v) is 15.4. The predicted molar refractivity (Wildman–Crippen MR) is 99.5 cm³/mol. The lowest BCUT2D eigenvalue weighted by Crippen LogP contribution is -2.32. The first-order valence-electron chi connectivity index (χ1n) is 8.57. The fourth-order valence-electron chi connectivity index (χ4n) is 2.76. The van der Waals surface area contributed by atoms with Crippen molar-refractivity contribution in [2.24, 2.45) is 0 Å². The Hall–Kier alpha value is -3.29. The standard InChI is InChI=1S/C19H20FN5O2/c1-4-14-10-18(27)24(19(21-14)25-13(3)9-12(2)23-25)11-17(26)22-16-8-6-5-7-15(16)20/h5-10H,4,11H2,1-3H3,(H,22,26). The van der Waals surface area contributed by atoms with Crippen LogP contribution in [0.15, 0.2) is 41.2 Å². The van der Waals surface area contributed by atoms with E-state index in [1.54, 1.807) is 6.07 Å². The van der Waals surface area contributed by atoms with Gasteiger partial charge in [0.25, 0.3) is 5.56 Å². The van der Waals surface area contributed by atoms with Crippen LogP contribution >= 0.6 is 0 Å². The first kappa shape index (κ1) is 18.5. The smallest absolute Gasteiger partial charge is 0.255 e. The van der Waals surface area contributed by atoms with Crippen LogP contribution in [0.5, 0.6) is 0 Å². The van der Waals surface area contributed by atoms with Crippen LogP contribution in [0.1, 0.15) is 24.0 Å². The molecule has 1 N–H and O–H groups in total. The van der Waals surface area contributed by atoms with Crippen molar-refractivity contribution >= 4 is 11.6 Å². The molecular formula is C19H20FN5O2. The largest absolute Gasteiger partial charge is 0.322 e. The van der Waals surface area contributed by atoms with Crippen molar-refractivity contribution in [3.8, 4) is 5.95 Å². The third kappa shape index (κ3) is 3.94. The Morgan fingerprint density at radius 3 is 2.59 bits per heavy atom. The summed E-state index contributed by atoms with van der Waals surface area (Å²) in [6.07, 6.45) is 0.573. The molecule has 0 spiro atoms. The molecule has 3 rings (SSSR count). The number of para-hydroxylation sites is 1. The van der Waals surface area contributed by atoms with E-state index in [2.05, 4.69) is 15.4 Å². The summed E-state index contributed by atoms with van der Waals surface area (Å²) >= 11 is 0. The van der Waals surface area contributed by atoms with E-state index in [1.165, 1.54) is 33.5 Å². The molecular weight excluding hydrogens is 349 g/mol. The lowest BCUT2D eigenvalue weighted by molar-refractivity contribution is -0.116. The van der Waals surface area contributed by atoms with Gasteiger partial charge in [-0.15, -0.1) is 0 Å². The molecule has 0 aliphatic rings. The number of carbonyl (C=O) groups is 1. The Balaban J connectivity index is 1.99. The van der Waals surface area contributed by atoms with Gasteiger partial charge in [-0.1, -0.05) is 19.1 Å². The maximum absolute atomic E-state index is 13.8. The summed E-state index contributed by atoms with van der Waals surface area (Å²) in [7, 11) is 0. The van der Waals surface area contributed by atoms with Crippen LogP contribution < -0.4 is 10.9 Å². The van der Waals surface area contributed by atoms with Crippen molar-refractivity contribution in [1.29, 1.82) is 0 Å². The van der Waals surface area contributed by atoms with Gasteiger partial charge in [0.2, 0.25) is 11.9 Å². The molecule has 0 saturated carbocycles. The molecule has 0 aliphatic carbocycles. The van der Waals surface area contributed by atoms with E-state index in [-0.39, 0.29) is 23.7 Å². The third-order valence-electron chi connectivity index (χ3n) is 4.05. The molecule has 0 aliphatic heterocycles. The topological polar surface area (TPSA) is 81.8 Å². The van der Waals surface area contributed by atoms with Gasteiger partial charge in [-0.25, -0.2) is 14.1 Å².